The van der Waals surface area contributed by atoms with E-state index in [1.54, 1.807) is 0 Å². The summed E-state index contributed by atoms with van der Waals surface area (Å²) in [4.78, 5) is 0. The summed E-state index contributed by atoms with van der Waals surface area (Å²) in [6, 6.07) is 0. The molecule has 0 aromatic rings. The van der Waals surface area contributed by atoms with Crippen LogP contribution >= 0.6 is 0 Å². The minimum atomic E-state index is -0.461. The van der Waals surface area contributed by atoms with Gasteiger partial charge in [-0.05, 0) is 62.4 Å². The molecule has 0 saturated heterocycles. The van der Waals surface area contributed by atoms with Crippen LogP contribution in [0.1, 0.15) is 65.2 Å². The van der Waals surface area contributed by atoms with Gasteiger partial charge in [0, 0.05) is 0 Å². The summed E-state index contributed by atoms with van der Waals surface area (Å²) in [5.41, 5.74) is 0.904. The SMILES string of the molecule is CC1CCC(O)(C2=CCCCCC2)C(C)C1. The Hall–Kier alpha value is -0.300. The van der Waals surface area contributed by atoms with Gasteiger partial charge in [-0.25, -0.2) is 0 Å². The van der Waals surface area contributed by atoms with E-state index in [1.807, 2.05) is 0 Å². The van der Waals surface area contributed by atoms with Crippen LogP contribution in [0.25, 0.3) is 0 Å². The summed E-state index contributed by atoms with van der Waals surface area (Å²) in [5.74, 6) is 1.24. The van der Waals surface area contributed by atoms with Crippen LogP contribution in [0.15, 0.2) is 11.6 Å². The number of aliphatic hydroxyl groups is 1. The molecule has 1 heteroatoms. The van der Waals surface area contributed by atoms with Crippen LogP contribution in [0.5, 0.6) is 0 Å². The first kappa shape index (κ1) is 12.2. The quantitative estimate of drug-likeness (QED) is 0.663. The van der Waals surface area contributed by atoms with Gasteiger partial charge in [-0.1, -0.05) is 26.3 Å². The topological polar surface area (TPSA) is 20.2 Å². The van der Waals surface area contributed by atoms with Gasteiger partial charge >= 0.3 is 0 Å². The van der Waals surface area contributed by atoms with E-state index >= 15 is 0 Å². The predicted molar refractivity (Wildman–Crippen MR) is 68.3 cm³/mol. The molecule has 16 heavy (non-hydrogen) atoms. The Morgan fingerprint density at radius 1 is 1.25 bits per heavy atom. The summed E-state index contributed by atoms with van der Waals surface area (Å²) in [7, 11) is 0. The monoisotopic (exact) mass is 222 g/mol. The van der Waals surface area contributed by atoms with Crippen LogP contribution in [-0.2, 0) is 0 Å². The molecule has 3 atom stereocenters. The van der Waals surface area contributed by atoms with Crippen LogP contribution in [-0.4, -0.2) is 10.7 Å². The number of hydrogen-bond acceptors (Lipinski definition) is 1. The van der Waals surface area contributed by atoms with Crippen LogP contribution in [0.2, 0.25) is 0 Å². The third-order valence-electron chi connectivity index (χ3n) is 4.69. The first-order valence-corrected chi connectivity index (χ1v) is 7.05. The maximum atomic E-state index is 10.9. The van der Waals surface area contributed by atoms with Crippen LogP contribution < -0.4 is 0 Å². The van der Waals surface area contributed by atoms with Crippen molar-refractivity contribution in [3.63, 3.8) is 0 Å². The average molecular weight is 222 g/mol. The highest BCUT2D eigenvalue weighted by molar-refractivity contribution is 5.20. The molecule has 1 N–H and O–H groups in total. The Morgan fingerprint density at radius 2 is 2.06 bits per heavy atom. The maximum Gasteiger partial charge on any atom is 0.0882 e. The van der Waals surface area contributed by atoms with Crippen molar-refractivity contribution in [1.82, 2.24) is 0 Å². The molecular weight excluding hydrogens is 196 g/mol. The molecule has 0 spiro atoms. The molecule has 0 aliphatic heterocycles. The third kappa shape index (κ3) is 2.34. The Kier molecular flexibility index (Phi) is 3.73. The summed E-state index contributed by atoms with van der Waals surface area (Å²) in [5, 5.41) is 10.9. The van der Waals surface area contributed by atoms with Crippen LogP contribution in [0, 0.1) is 11.8 Å². The highest BCUT2D eigenvalue weighted by Crippen LogP contribution is 2.43. The van der Waals surface area contributed by atoms with Crippen LogP contribution in [0.4, 0.5) is 0 Å². The lowest BCUT2D eigenvalue weighted by atomic mass is 9.68. The smallest absolute Gasteiger partial charge is 0.0882 e. The van der Waals surface area contributed by atoms with Gasteiger partial charge in [-0.2, -0.15) is 0 Å². The minimum Gasteiger partial charge on any atom is -0.385 e. The molecule has 0 radical (unpaired) electrons. The highest BCUT2D eigenvalue weighted by Gasteiger charge is 2.40. The second-order valence-corrected chi connectivity index (χ2v) is 6.03. The highest BCUT2D eigenvalue weighted by atomic mass is 16.3. The molecule has 0 aromatic carbocycles. The number of allylic oxidation sites excluding steroid dienone is 1. The predicted octanol–water partition coefficient (Wildman–Crippen LogP) is 4.06. The lowest BCUT2D eigenvalue weighted by Gasteiger charge is -2.42. The van der Waals surface area contributed by atoms with E-state index in [1.165, 1.54) is 44.1 Å². The molecule has 2 rings (SSSR count). The molecule has 0 amide bonds. The van der Waals surface area contributed by atoms with E-state index in [4.69, 9.17) is 0 Å². The Labute approximate surface area is 99.9 Å². The standard InChI is InChI=1S/C15H26O/c1-12-9-10-15(16,13(2)11-12)14-7-5-3-4-6-8-14/h7,12-13,16H,3-6,8-11H2,1-2H3. The summed E-state index contributed by atoms with van der Waals surface area (Å²) < 4.78 is 0. The number of hydrogen-bond donors (Lipinski definition) is 1. The first-order valence-electron chi connectivity index (χ1n) is 7.05. The van der Waals surface area contributed by atoms with E-state index in [0.29, 0.717) is 5.92 Å². The Morgan fingerprint density at radius 3 is 2.81 bits per heavy atom. The molecule has 1 fully saturated rings. The van der Waals surface area contributed by atoms with Crippen LogP contribution in [0.3, 0.4) is 0 Å². The van der Waals surface area contributed by atoms with Gasteiger partial charge in [0.05, 0.1) is 5.60 Å². The molecule has 2 aliphatic rings. The van der Waals surface area contributed by atoms with Gasteiger partial charge in [-0.15, -0.1) is 0 Å². The van der Waals surface area contributed by atoms with Gasteiger partial charge in [0.1, 0.15) is 0 Å². The summed E-state index contributed by atoms with van der Waals surface area (Å²) in [6.45, 7) is 4.55. The third-order valence-corrected chi connectivity index (χ3v) is 4.69. The van der Waals surface area contributed by atoms with Crippen molar-refractivity contribution < 1.29 is 5.11 Å². The zero-order chi connectivity index (χ0) is 11.6. The number of rotatable bonds is 1. The van der Waals surface area contributed by atoms with Crippen molar-refractivity contribution in [2.24, 2.45) is 11.8 Å². The fourth-order valence-corrected chi connectivity index (χ4v) is 3.51. The molecule has 1 saturated carbocycles. The van der Waals surface area contributed by atoms with E-state index < -0.39 is 5.60 Å². The van der Waals surface area contributed by atoms with Crippen molar-refractivity contribution in [3.05, 3.63) is 11.6 Å². The second-order valence-electron chi connectivity index (χ2n) is 6.03. The lowest BCUT2D eigenvalue weighted by molar-refractivity contribution is -0.0235. The summed E-state index contributed by atoms with van der Waals surface area (Å²) in [6.07, 6.45) is 11.9. The fraction of sp³-hybridized carbons (Fsp3) is 0.867. The van der Waals surface area contributed by atoms with Gasteiger partial charge < -0.3 is 5.11 Å². The molecule has 3 unspecified atom stereocenters. The maximum absolute atomic E-state index is 10.9. The first-order chi connectivity index (χ1) is 7.63. The van der Waals surface area contributed by atoms with E-state index in [0.717, 1.165) is 18.8 Å². The average Bonchev–Trinajstić information content (AvgIpc) is 2.53. The molecule has 2 aliphatic carbocycles. The van der Waals surface area contributed by atoms with Gasteiger partial charge in [0.2, 0.25) is 0 Å². The largest absolute Gasteiger partial charge is 0.385 e. The van der Waals surface area contributed by atoms with E-state index in [2.05, 4.69) is 19.9 Å². The Balaban J connectivity index is 2.13. The van der Waals surface area contributed by atoms with Gasteiger partial charge in [-0.3, -0.25) is 0 Å². The van der Waals surface area contributed by atoms with Crippen molar-refractivity contribution in [1.29, 1.82) is 0 Å². The van der Waals surface area contributed by atoms with Gasteiger partial charge in [0.25, 0.3) is 0 Å². The minimum absolute atomic E-state index is 0.445. The second kappa shape index (κ2) is 4.91. The fourth-order valence-electron chi connectivity index (χ4n) is 3.51. The zero-order valence-electron chi connectivity index (χ0n) is 10.8. The van der Waals surface area contributed by atoms with E-state index in [-0.39, 0.29) is 0 Å². The molecule has 1 nitrogen and oxygen atoms in total. The molecular formula is C15H26O. The zero-order valence-corrected chi connectivity index (χ0v) is 10.8. The molecule has 0 heterocycles. The molecule has 0 bridgehead atoms. The van der Waals surface area contributed by atoms with Crippen molar-refractivity contribution >= 4 is 0 Å². The molecule has 92 valence electrons. The van der Waals surface area contributed by atoms with Gasteiger partial charge in [0.15, 0.2) is 0 Å². The van der Waals surface area contributed by atoms with Crippen molar-refractivity contribution in [2.75, 3.05) is 0 Å². The molecule has 0 aromatic heterocycles. The van der Waals surface area contributed by atoms with E-state index in [9.17, 15) is 5.11 Å². The normalized spacial score (nSPS) is 41.3. The van der Waals surface area contributed by atoms with Crippen molar-refractivity contribution in [3.8, 4) is 0 Å². The summed E-state index contributed by atoms with van der Waals surface area (Å²) >= 11 is 0. The lowest BCUT2D eigenvalue weighted by Crippen LogP contribution is -2.43. The van der Waals surface area contributed by atoms with Crippen molar-refractivity contribution in [2.45, 2.75) is 70.8 Å². The Bertz CT molecular complexity index is 269.